The van der Waals surface area contributed by atoms with E-state index in [2.05, 4.69) is 20.9 Å². The molecule has 39 heavy (non-hydrogen) atoms. The molecule has 0 fully saturated rings. The van der Waals surface area contributed by atoms with E-state index < -0.39 is 72.6 Å². The Labute approximate surface area is 223 Å². The molecule has 16 nitrogen and oxygen atoms in total. The van der Waals surface area contributed by atoms with Gasteiger partial charge in [0.1, 0.15) is 18.1 Å². The van der Waals surface area contributed by atoms with Gasteiger partial charge in [-0.3, -0.25) is 29.0 Å². The zero-order chi connectivity index (χ0) is 29.5. The Hall–Kier alpha value is -4.73. The van der Waals surface area contributed by atoms with E-state index >= 15 is 0 Å². The van der Waals surface area contributed by atoms with Gasteiger partial charge in [0.25, 0.3) is 0 Å². The fourth-order valence-corrected chi connectivity index (χ4v) is 3.32. The van der Waals surface area contributed by atoms with Crippen LogP contribution in [-0.2, 0) is 35.2 Å². The summed E-state index contributed by atoms with van der Waals surface area (Å²) >= 11 is 0. The number of carbonyl (C=O) groups excluding carboxylic acids is 4. The van der Waals surface area contributed by atoms with Crippen molar-refractivity contribution in [3.05, 3.63) is 35.9 Å². The summed E-state index contributed by atoms with van der Waals surface area (Å²) in [5.41, 5.74) is 22.0. The highest BCUT2D eigenvalue weighted by Gasteiger charge is 2.32. The molecule has 0 bridgehead atoms. The third-order valence-electron chi connectivity index (χ3n) is 5.25. The van der Waals surface area contributed by atoms with E-state index in [0.29, 0.717) is 12.0 Å². The Morgan fingerprint density at radius 3 is 1.85 bits per heavy atom. The molecule has 0 aromatic heterocycles. The molecule has 13 N–H and O–H groups in total. The Morgan fingerprint density at radius 2 is 1.33 bits per heavy atom. The predicted octanol–water partition coefficient (Wildman–Crippen LogP) is -3.50. The quantitative estimate of drug-likeness (QED) is 0.0520. The summed E-state index contributed by atoms with van der Waals surface area (Å²) in [5, 5.41) is 25.3. The van der Waals surface area contributed by atoms with Crippen molar-refractivity contribution in [2.75, 3.05) is 6.54 Å². The van der Waals surface area contributed by atoms with Crippen molar-refractivity contribution < 1.29 is 39.0 Å². The maximum atomic E-state index is 12.9. The van der Waals surface area contributed by atoms with Gasteiger partial charge in [0.2, 0.25) is 23.6 Å². The number of carboxylic acid groups (broad SMARTS) is 2. The minimum absolute atomic E-state index is 0.114. The summed E-state index contributed by atoms with van der Waals surface area (Å²) in [7, 11) is 0. The first-order valence-electron chi connectivity index (χ1n) is 11.8. The molecule has 0 radical (unpaired) electrons. The highest BCUT2D eigenvalue weighted by molar-refractivity contribution is 5.97. The molecule has 1 rings (SSSR count). The summed E-state index contributed by atoms with van der Waals surface area (Å²) in [6, 6.07) is 2.45. The molecule has 0 aliphatic carbocycles. The molecule has 4 unspecified atom stereocenters. The predicted molar refractivity (Wildman–Crippen MR) is 138 cm³/mol. The van der Waals surface area contributed by atoms with Crippen LogP contribution in [0.25, 0.3) is 0 Å². The molecule has 214 valence electrons. The smallest absolute Gasteiger partial charge is 0.326 e. The summed E-state index contributed by atoms with van der Waals surface area (Å²) < 4.78 is 0. The zero-order valence-corrected chi connectivity index (χ0v) is 21.0. The van der Waals surface area contributed by atoms with Crippen molar-refractivity contribution in [3.63, 3.8) is 0 Å². The standard InChI is InChI=1S/C23H34N8O8/c24-13(7-4-8-28-23(26)27)19(35)29-14(10-17(25)32)20(36)30-15(11-18(33)34)21(37)31-16(22(38)39)9-12-5-2-1-3-6-12/h1-3,5-6,13-16H,4,7-11,24H2,(H2,25,32)(H,29,35)(H,30,36)(H,31,37)(H,33,34)(H,38,39)(H4,26,27,28). The number of amides is 4. The number of hydrogen-bond donors (Lipinski definition) is 9. The maximum Gasteiger partial charge on any atom is 0.326 e. The number of aliphatic imine (C=N–C) groups is 1. The fourth-order valence-electron chi connectivity index (χ4n) is 3.32. The van der Waals surface area contributed by atoms with E-state index in [1.807, 2.05) is 0 Å². The van der Waals surface area contributed by atoms with Crippen LogP contribution < -0.4 is 38.9 Å². The van der Waals surface area contributed by atoms with Gasteiger partial charge in [-0.05, 0) is 18.4 Å². The molecule has 0 aliphatic rings. The van der Waals surface area contributed by atoms with Crippen molar-refractivity contribution in [1.82, 2.24) is 16.0 Å². The third-order valence-corrected chi connectivity index (χ3v) is 5.25. The first-order chi connectivity index (χ1) is 18.3. The molecule has 1 aromatic rings. The summed E-state index contributed by atoms with van der Waals surface area (Å²) in [4.78, 5) is 76.5. The van der Waals surface area contributed by atoms with Crippen molar-refractivity contribution in [2.45, 2.75) is 56.3 Å². The van der Waals surface area contributed by atoms with Gasteiger partial charge in [0.15, 0.2) is 5.96 Å². The van der Waals surface area contributed by atoms with Crippen LogP contribution in [0.2, 0.25) is 0 Å². The van der Waals surface area contributed by atoms with Gasteiger partial charge >= 0.3 is 11.9 Å². The van der Waals surface area contributed by atoms with E-state index in [1.54, 1.807) is 30.3 Å². The summed E-state index contributed by atoms with van der Waals surface area (Å²) in [6.45, 7) is 0.197. The Kier molecular flexibility index (Phi) is 13.4. The molecule has 4 atom stereocenters. The van der Waals surface area contributed by atoms with Crippen LogP contribution in [0.3, 0.4) is 0 Å². The molecule has 1 aromatic carbocycles. The average Bonchev–Trinajstić information content (AvgIpc) is 2.84. The van der Waals surface area contributed by atoms with Gasteiger partial charge in [-0.25, -0.2) is 4.79 Å². The number of primary amides is 1. The van der Waals surface area contributed by atoms with Gasteiger partial charge in [0.05, 0.1) is 18.9 Å². The molecule has 0 heterocycles. The van der Waals surface area contributed by atoms with Crippen LogP contribution >= 0.6 is 0 Å². The van der Waals surface area contributed by atoms with Crippen LogP contribution in [0, 0.1) is 0 Å². The Balaban J connectivity index is 2.95. The second kappa shape index (κ2) is 16.2. The lowest BCUT2D eigenvalue weighted by Crippen LogP contribution is -2.58. The first kappa shape index (κ1) is 32.3. The van der Waals surface area contributed by atoms with E-state index in [9.17, 15) is 39.0 Å². The second-order valence-electron chi connectivity index (χ2n) is 8.54. The van der Waals surface area contributed by atoms with E-state index in [0.717, 1.165) is 0 Å². The number of carbonyl (C=O) groups is 6. The number of aliphatic carboxylic acids is 2. The minimum atomic E-state index is -1.74. The molecule has 0 spiro atoms. The fraction of sp³-hybridized carbons (Fsp3) is 0.435. The third kappa shape index (κ3) is 12.9. The molecule has 4 amide bonds. The minimum Gasteiger partial charge on any atom is -0.481 e. The highest BCUT2D eigenvalue weighted by atomic mass is 16.4. The van der Waals surface area contributed by atoms with Crippen molar-refractivity contribution in [3.8, 4) is 0 Å². The first-order valence-corrected chi connectivity index (χ1v) is 11.8. The summed E-state index contributed by atoms with van der Waals surface area (Å²) in [6.07, 6.45) is -1.28. The number of nitrogens with one attached hydrogen (secondary N) is 3. The van der Waals surface area contributed by atoms with E-state index in [-0.39, 0.29) is 25.3 Å². The number of benzene rings is 1. The number of guanidine groups is 1. The maximum absolute atomic E-state index is 12.9. The molecular weight excluding hydrogens is 516 g/mol. The van der Waals surface area contributed by atoms with E-state index in [4.69, 9.17) is 22.9 Å². The Bertz CT molecular complexity index is 1060. The lowest BCUT2D eigenvalue weighted by atomic mass is 10.0. The molecule has 16 heteroatoms. The molecule has 0 aliphatic heterocycles. The second-order valence-corrected chi connectivity index (χ2v) is 8.54. The van der Waals surface area contributed by atoms with Gasteiger partial charge in [-0.15, -0.1) is 0 Å². The lowest BCUT2D eigenvalue weighted by Gasteiger charge is -2.24. The largest absolute Gasteiger partial charge is 0.481 e. The average molecular weight is 551 g/mol. The number of nitrogens with zero attached hydrogens (tertiary/aromatic N) is 1. The van der Waals surface area contributed by atoms with Gasteiger partial charge < -0.3 is 49.1 Å². The van der Waals surface area contributed by atoms with Gasteiger partial charge in [-0.2, -0.15) is 0 Å². The van der Waals surface area contributed by atoms with Crippen molar-refractivity contribution >= 4 is 41.5 Å². The van der Waals surface area contributed by atoms with Gasteiger partial charge in [-0.1, -0.05) is 30.3 Å². The van der Waals surface area contributed by atoms with Crippen LogP contribution in [0.15, 0.2) is 35.3 Å². The monoisotopic (exact) mass is 550 g/mol. The van der Waals surface area contributed by atoms with Gasteiger partial charge in [0, 0.05) is 13.0 Å². The van der Waals surface area contributed by atoms with Crippen LogP contribution in [0.4, 0.5) is 0 Å². The van der Waals surface area contributed by atoms with E-state index in [1.165, 1.54) is 0 Å². The number of rotatable bonds is 17. The molecular formula is C23H34N8O8. The van der Waals surface area contributed by atoms with Crippen LogP contribution in [0.5, 0.6) is 0 Å². The molecule has 0 saturated heterocycles. The lowest BCUT2D eigenvalue weighted by molar-refractivity contribution is -0.143. The summed E-state index contributed by atoms with van der Waals surface area (Å²) in [5.74, 6) is -7.02. The topological polar surface area (TPSA) is 295 Å². The normalized spacial score (nSPS) is 13.6. The zero-order valence-electron chi connectivity index (χ0n) is 21.0. The number of nitrogens with two attached hydrogens (primary N) is 4. The van der Waals surface area contributed by atoms with Crippen LogP contribution in [0.1, 0.15) is 31.2 Å². The van der Waals surface area contributed by atoms with Crippen molar-refractivity contribution in [1.29, 1.82) is 0 Å². The number of hydrogen-bond acceptors (Lipinski definition) is 8. The van der Waals surface area contributed by atoms with Crippen LogP contribution in [-0.4, -0.2) is 82.5 Å². The molecule has 0 saturated carbocycles. The number of carboxylic acids is 2. The Morgan fingerprint density at radius 1 is 0.795 bits per heavy atom. The SMILES string of the molecule is NC(=O)CC(NC(=O)C(N)CCCN=C(N)N)C(=O)NC(CC(=O)O)C(=O)NC(Cc1ccccc1)C(=O)O. The van der Waals surface area contributed by atoms with Crippen molar-refractivity contribution in [2.24, 2.45) is 27.9 Å². The highest BCUT2D eigenvalue weighted by Crippen LogP contribution is 2.06.